The molecule has 0 atom stereocenters. The quantitative estimate of drug-likeness (QED) is 0.622. The van der Waals surface area contributed by atoms with Gasteiger partial charge in [0.2, 0.25) is 10.0 Å². The summed E-state index contributed by atoms with van der Waals surface area (Å²) in [5.41, 5.74) is 0. The molecule has 2 N–H and O–H groups in total. The molecule has 26 heavy (non-hydrogen) atoms. The number of halogens is 3. The maximum atomic E-state index is 12.0. The van der Waals surface area contributed by atoms with Crippen LogP contribution in [0.3, 0.4) is 0 Å². The van der Waals surface area contributed by atoms with Crippen LogP contribution in [0.2, 0.25) is 15.1 Å². The Balaban J connectivity index is 1.73. The van der Waals surface area contributed by atoms with E-state index in [9.17, 15) is 13.2 Å². The van der Waals surface area contributed by atoms with Gasteiger partial charge in [0, 0.05) is 23.1 Å². The van der Waals surface area contributed by atoms with Gasteiger partial charge in [-0.25, -0.2) is 13.1 Å². The molecule has 0 aliphatic rings. The Bertz CT molecular complexity index is 874. The van der Waals surface area contributed by atoms with E-state index in [0.717, 1.165) is 0 Å². The van der Waals surface area contributed by atoms with E-state index in [-0.39, 0.29) is 24.6 Å². The Kier molecular flexibility index (Phi) is 7.55. The summed E-state index contributed by atoms with van der Waals surface area (Å²) < 4.78 is 31.7. The molecular formula is C16H15Cl3N2O4S. The minimum Gasteiger partial charge on any atom is -0.482 e. The summed E-state index contributed by atoms with van der Waals surface area (Å²) in [4.78, 5) is 11.8. The highest BCUT2D eigenvalue weighted by Crippen LogP contribution is 2.27. The van der Waals surface area contributed by atoms with Gasteiger partial charge in [-0.15, -0.1) is 0 Å². The van der Waals surface area contributed by atoms with Gasteiger partial charge < -0.3 is 10.1 Å². The highest BCUT2D eigenvalue weighted by Gasteiger charge is 2.13. The Morgan fingerprint density at radius 1 is 0.962 bits per heavy atom. The van der Waals surface area contributed by atoms with E-state index < -0.39 is 15.9 Å². The average molecular weight is 438 g/mol. The summed E-state index contributed by atoms with van der Waals surface area (Å²) in [5, 5.41) is 3.73. The predicted octanol–water partition coefficient (Wildman–Crippen LogP) is 3.12. The van der Waals surface area contributed by atoms with Crippen LogP contribution in [0, 0.1) is 0 Å². The zero-order valence-corrected chi connectivity index (χ0v) is 16.4. The Morgan fingerprint density at radius 2 is 1.62 bits per heavy atom. The molecule has 2 aromatic carbocycles. The smallest absolute Gasteiger partial charge is 0.257 e. The van der Waals surface area contributed by atoms with E-state index >= 15 is 0 Å². The number of hydrogen-bond acceptors (Lipinski definition) is 4. The van der Waals surface area contributed by atoms with Crippen molar-refractivity contribution in [3.8, 4) is 5.75 Å². The summed E-state index contributed by atoms with van der Waals surface area (Å²) in [6.45, 7) is -0.132. The fraction of sp³-hybridized carbons (Fsp3) is 0.188. The molecule has 0 saturated heterocycles. The first-order valence-electron chi connectivity index (χ1n) is 7.38. The lowest BCUT2D eigenvalue weighted by molar-refractivity contribution is -0.123. The first-order chi connectivity index (χ1) is 12.3. The summed E-state index contributed by atoms with van der Waals surface area (Å²) in [5.74, 6) is -0.0867. The third kappa shape index (κ3) is 6.34. The van der Waals surface area contributed by atoms with Crippen molar-refractivity contribution < 1.29 is 17.9 Å². The molecule has 0 aliphatic heterocycles. The average Bonchev–Trinajstić information content (AvgIpc) is 2.58. The van der Waals surface area contributed by atoms with Gasteiger partial charge in [-0.1, -0.05) is 34.8 Å². The van der Waals surface area contributed by atoms with Gasteiger partial charge in [0.15, 0.2) is 6.61 Å². The van der Waals surface area contributed by atoms with Crippen LogP contribution in [0.15, 0.2) is 47.4 Å². The van der Waals surface area contributed by atoms with Crippen LogP contribution in [0.5, 0.6) is 5.75 Å². The molecule has 0 fully saturated rings. The van der Waals surface area contributed by atoms with Gasteiger partial charge in [0.1, 0.15) is 5.75 Å². The third-order valence-corrected chi connectivity index (χ3v) is 5.38. The molecule has 0 aromatic heterocycles. The van der Waals surface area contributed by atoms with E-state index in [1.807, 2.05) is 0 Å². The van der Waals surface area contributed by atoms with Gasteiger partial charge in [0.25, 0.3) is 5.91 Å². The van der Waals surface area contributed by atoms with Gasteiger partial charge in [-0.3, -0.25) is 4.79 Å². The van der Waals surface area contributed by atoms with Crippen LogP contribution in [0.25, 0.3) is 0 Å². The molecule has 0 saturated carbocycles. The number of carbonyl (C=O) groups is 1. The topological polar surface area (TPSA) is 84.5 Å². The summed E-state index contributed by atoms with van der Waals surface area (Å²) in [6, 6.07) is 10.4. The number of hydrogen-bond donors (Lipinski definition) is 2. The Labute approximate surface area is 166 Å². The molecule has 0 aliphatic carbocycles. The lowest BCUT2D eigenvalue weighted by Gasteiger charge is -2.10. The second-order valence-corrected chi connectivity index (χ2v) is 8.11. The minimum atomic E-state index is -3.66. The zero-order chi connectivity index (χ0) is 19.2. The molecule has 6 nitrogen and oxygen atoms in total. The molecule has 1 amide bonds. The lowest BCUT2D eigenvalue weighted by atomic mass is 10.3. The minimum absolute atomic E-state index is 0.0262. The number of rotatable bonds is 8. The molecule has 0 radical (unpaired) electrons. The summed E-state index contributed by atoms with van der Waals surface area (Å²) in [7, 11) is -3.66. The van der Waals surface area contributed by atoms with E-state index in [4.69, 9.17) is 39.5 Å². The molecule has 0 spiro atoms. The van der Waals surface area contributed by atoms with Crippen LogP contribution < -0.4 is 14.8 Å². The van der Waals surface area contributed by atoms with Crippen LogP contribution in [-0.4, -0.2) is 34.0 Å². The number of benzene rings is 2. The van der Waals surface area contributed by atoms with Gasteiger partial charge in [-0.05, 0) is 42.5 Å². The first kappa shape index (κ1) is 20.8. The normalized spacial score (nSPS) is 11.2. The highest BCUT2D eigenvalue weighted by atomic mass is 35.5. The SMILES string of the molecule is O=C(COc1ccc(Cl)cc1Cl)NCCNS(=O)(=O)c1ccc(Cl)cc1. The van der Waals surface area contributed by atoms with Crippen molar-refractivity contribution in [2.75, 3.05) is 19.7 Å². The van der Waals surface area contributed by atoms with Gasteiger partial charge in [-0.2, -0.15) is 0 Å². The number of carbonyl (C=O) groups excluding carboxylic acids is 1. The molecule has 10 heteroatoms. The van der Waals surface area contributed by atoms with E-state index in [2.05, 4.69) is 10.0 Å². The van der Waals surface area contributed by atoms with E-state index in [1.165, 1.54) is 30.3 Å². The molecule has 2 rings (SSSR count). The van der Waals surface area contributed by atoms with Crippen molar-refractivity contribution in [2.45, 2.75) is 4.90 Å². The van der Waals surface area contributed by atoms with Crippen molar-refractivity contribution in [3.63, 3.8) is 0 Å². The maximum Gasteiger partial charge on any atom is 0.257 e. The van der Waals surface area contributed by atoms with Crippen LogP contribution in [0.4, 0.5) is 0 Å². The predicted molar refractivity (Wildman–Crippen MR) is 102 cm³/mol. The van der Waals surface area contributed by atoms with Crippen LogP contribution in [0.1, 0.15) is 0 Å². The van der Waals surface area contributed by atoms with Crippen molar-refractivity contribution in [1.29, 1.82) is 0 Å². The number of amides is 1. The monoisotopic (exact) mass is 436 g/mol. The molecule has 140 valence electrons. The standard InChI is InChI=1S/C16H15Cl3N2O4S/c17-11-1-4-13(5-2-11)26(23,24)21-8-7-20-16(22)10-25-15-6-3-12(18)9-14(15)19/h1-6,9,21H,7-8,10H2,(H,20,22). The molecule has 2 aromatic rings. The van der Waals surface area contributed by atoms with Crippen molar-refractivity contribution in [1.82, 2.24) is 10.0 Å². The first-order valence-corrected chi connectivity index (χ1v) is 9.99. The second kappa shape index (κ2) is 9.43. The second-order valence-electron chi connectivity index (χ2n) is 5.07. The van der Waals surface area contributed by atoms with Gasteiger partial charge >= 0.3 is 0 Å². The highest BCUT2D eigenvalue weighted by molar-refractivity contribution is 7.89. The number of sulfonamides is 1. The maximum absolute atomic E-state index is 12.0. The van der Waals surface area contributed by atoms with E-state index in [0.29, 0.717) is 20.8 Å². The Hall–Kier alpha value is -1.51. The zero-order valence-electron chi connectivity index (χ0n) is 13.3. The van der Waals surface area contributed by atoms with Crippen molar-refractivity contribution in [3.05, 3.63) is 57.5 Å². The summed E-state index contributed by atoms with van der Waals surface area (Å²) >= 11 is 17.4. The van der Waals surface area contributed by atoms with Crippen molar-refractivity contribution in [2.24, 2.45) is 0 Å². The number of nitrogens with one attached hydrogen (secondary N) is 2. The van der Waals surface area contributed by atoms with Crippen LogP contribution in [-0.2, 0) is 14.8 Å². The summed E-state index contributed by atoms with van der Waals surface area (Å²) in [6.07, 6.45) is 0. The molecule has 0 bridgehead atoms. The van der Waals surface area contributed by atoms with Crippen molar-refractivity contribution >= 4 is 50.7 Å². The number of ether oxygens (including phenoxy) is 1. The fourth-order valence-electron chi connectivity index (χ4n) is 1.87. The molecular weight excluding hydrogens is 423 g/mol. The Morgan fingerprint density at radius 3 is 2.27 bits per heavy atom. The molecule has 0 unspecified atom stereocenters. The lowest BCUT2D eigenvalue weighted by Crippen LogP contribution is -2.36. The fourth-order valence-corrected chi connectivity index (χ4v) is 3.49. The molecule has 0 heterocycles. The van der Waals surface area contributed by atoms with Crippen LogP contribution >= 0.6 is 34.8 Å². The van der Waals surface area contributed by atoms with Gasteiger partial charge in [0.05, 0.1) is 9.92 Å². The third-order valence-electron chi connectivity index (χ3n) is 3.12. The largest absolute Gasteiger partial charge is 0.482 e. The van der Waals surface area contributed by atoms with E-state index in [1.54, 1.807) is 12.1 Å².